The van der Waals surface area contributed by atoms with Gasteiger partial charge in [0.15, 0.2) is 11.6 Å². The van der Waals surface area contributed by atoms with Gasteiger partial charge in [-0.1, -0.05) is 23.2 Å². The summed E-state index contributed by atoms with van der Waals surface area (Å²) in [6, 6.07) is 10.8. The van der Waals surface area contributed by atoms with Gasteiger partial charge in [-0.25, -0.2) is 0 Å². The maximum absolute atomic E-state index is 12.7. The van der Waals surface area contributed by atoms with Gasteiger partial charge in [0.2, 0.25) is 0 Å². The predicted molar refractivity (Wildman–Crippen MR) is 87.2 cm³/mol. The molecule has 0 aromatic heterocycles. The minimum atomic E-state index is -0.398. The summed E-state index contributed by atoms with van der Waals surface area (Å²) in [5.41, 5.74) is 0.711. The predicted octanol–water partition coefficient (Wildman–Crippen LogP) is 4.06. The molecule has 0 unspecified atom stereocenters. The number of halogens is 2. The lowest BCUT2D eigenvalue weighted by molar-refractivity contribution is -0.118. The quantitative estimate of drug-likeness (QED) is 0.764. The average Bonchev–Trinajstić information content (AvgIpc) is 2.52. The van der Waals surface area contributed by atoms with Crippen molar-refractivity contribution in [3.05, 3.63) is 63.1 Å². The van der Waals surface area contributed by atoms with Crippen LogP contribution >= 0.6 is 23.2 Å². The van der Waals surface area contributed by atoms with E-state index in [9.17, 15) is 9.59 Å². The van der Waals surface area contributed by atoms with Crippen LogP contribution in [-0.4, -0.2) is 18.2 Å². The van der Waals surface area contributed by atoms with E-state index in [2.05, 4.69) is 0 Å². The molecule has 0 saturated heterocycles. The summed E-state index contributed by atoms with van der Waals surface area (Å²) in [5.74, 6) is -0.328. The summed E-state index contributed by atoms with van der Waals surface area (Å²) in [7, 11) is 0. The van der Waals surface area contributed by atoms with Crippen molar-refractivity contribution >= 4 is 34.8 Å². The minimum Gasteiger partial charge on any atom is -0.485 e. The van der Waals surface area contributed by atoms with Crippen LogP contribution in [0.4, 0.5) is 0 Å². The zero-order valence-corrected chi connectivity index (χ0v) is 13.6. The van der Waals surface area contributed by atoms with Crippen LogP contribution in [0.2, 0.25) is 10.0 Å². The molecule has 4 nitrogen and oxygen atoms in total. The normalized spacial score (nSPS) is 10.0. The van der Waals surface area contributed by atoms with Crippen LogP contribution in [0.25, 0.3) is 0 Å². The Balaban J connectivity index is 2.46. The zero-order chi connectivity index (χ0) is 17.0. The Morgan fingerprint density at radius 3 is 2.52 bits per heavy atom. The number of rotatable bonds is 5. The molecule has 0 N–H and O–H groups in total. The van der Waals surface area contributed by atoms with Gasteiger partial charge < -0.3 is 4.74 Å². The number of Topliss-reactive ketones (excluding diaryl/α,β-unsaturated/α-hetero) is 1. The second-order valence-corrected chi connectivity index (χ2v) is 5.67. The van der Waals surface area contributed by atoms with Crippen LogP contribution in [0.5, 0.6) is 5.75 Å². The minimum absolute atomic E-state index is 0.152. The van der Waals surface area contributed by atoms with Crippen LogP contribution in [-0.2, 0) is 4.79 Å². The molecule has 6 heteroatoms. The SMILES string of the molecule is CC(=O)COc1ccc(Cl)cc1C(=O)c1cc(Cl)cc(C#N)c1. The zero-order valence-electron chi connectivity index (χ0n) is 12.1. The largest absolute Gasteiger partial charge is 0.485 e. The van der Waals surface area contributed by atoms with Gasteiger partial charge in [-0.3, -0.25) is 9.59 Å². The molecule has 0 aliphatic heterocycles. The van der Waals surface area contributed by atoms with Gasteiger partial charge in [0.25, 0.3) is 0 Å². The lowest BCUT2D eigenvalue weighted by atomic mass is 10.0. The monoisotopic (exact) mass is 347 g/mol. The maximum atomic E-state index is 12.7. The van der Waals surface area contributed by atoms with Gasteiger partial charge in [-0.05, 0) is 43.3 Å². The fourth-order valence-electron chi connectivity index (χ4n) is 1.93. The Morgan fingerprint density at radius 2 is 1.87 bits per heavy atom. The summed E-state index contributed by atoms with van der Waals surface area (Å²) in [6.07, 6.45) is 0. The fourth-order valence-corrected chi connectivity index (χ4v) is 2.33. The number of ketones is 2. The standard InChI is InChI=1S/C17H11Cl2NO3/c1-10(21)9-23-16-3-2-13(18)7-15(16)17(22)12-4-11(8-20)5-14(19)6-12/h2-7H,9H2,1H3. The molecule has 0 amide bonds. The summed E-state index contributed by atoms with van der Waals surface area (Å²) in [5, 5.41) is 9.61. The van der Waals surface area contributed by atoms with E-state index < -0.39 is 5.78 Å². The van der Waals surface area contributed by atoms with Gasteiger partial charge >= 0.3 is 0 Å². The highest BCUT2D eigenvalue weighted by Crippen LogP contribution is 2.27. The second kappa shape index (κ2) is 7.28. The molecule has 0 radical (unpaired) electrons. The molecule has 116 valence electrons. The van der Waals surface area contributed by atoms with E-state index in [1.165, 1.54) is 37.3 Å². The third-order valence-corrected chi connectivity index (χ3v) is 3.36. The van der Waals surface area contributed by atoms with E-state index in [1.807, 2.05) is 6.07 Å². The fraction of sp³-hybridized carbons (Fsp3) is 0.118. The second-order valence-electron chi connectivity index (χ2n) is 4.80. The first-order valence-corrected chi connectivity index (χ1v) is 7.33. The molecule has 0 bridgehead atoms. The molecule has 0 saturated carbocycles. The Bertz CT molecular complexity index is 825. The molecule has 0 heterocycles. The number of nitriles is 1. The topological polar surface area (TPSA) is 67.2 Å². The van der Waals surface area contributed by atoms with E-state index in [0.717, 1.165) is 0 Å². The molecule has 0 fully saturated rings. The van der Waals surface area contributed by atoms with Crippen LogP contribution in [0.3, 0.4) is 0 Å². The molecule has 0 aliphatic rings. The lowest BCUT2D eigenvalue weighted by Crippen LogP contribution is -2.11. The number of ether oxygens (including phenoxy) is 1. The van der Waals surface area contributed by atoms with Crippen molar-refractivity contribution in [2.45, 2.75) is 6.92 Å². The summed E-state index contributed by atoms with van der Waals surface area (Å²) in [4.78, 5) is 23.8. The van der Waals surface area contributed by atoms with E-state index in [0.29, 0.717) is 5.02 Å². The van der Waals surface area contributed by atoms with Crippen molar-refractivity contribution in [1.82, 2.24) is 0 Å². The lowest BCUT2D eigenvalue weighted by Gasteiger charge is -2.11. The van der Waals surface area contributed by atoms with E-state index >= 15 is 0 Å². The van der Waals surface area contributed by atoms with Gasteiger partial charge in [0.05, 0.1) is 17.2 Å². The summed E-state index contributed by atoms with van der Waals surface area (Å²) in [6.45, 7) is 1.23. The van der Waals surface area contributed by atoms with Crippen molar-refractivity contribution in [3.63, 3.8) is 0 Å². The van der Waals surface area contributed by atoms with Gasteiger partial charge in [0.1, 0.15) is 12.4 Å². The van der Waals surface area contributed by atoms with Crippen LogP contribution in [0.15, 0.2) is 36.4 Å². The molecule has 2 rings (SSSR count). The number of carbonyl (C=O) groups excluding carboxylic acids is 2. The number of nitrogens with zero attached hydrogens (tertiary/aromatic N) is 1. The number of benzene rings is 2. The molecular weight excluding hydrogens is 337 g/mol. The Hall–Kier alpha value is -2.35. The van der Waals surface area contributed by atoms with Gasteiger partial charge in [0, 0.05) is 15.6 Å². The first kappa shape index (κ1) is 17.0. The Kier molecular flexibility index (Phi) is 5.38. The highest BCUT2D eigenvalue weighted by molar-refractivity contribution is 6.32. The highest BCUT2D eigenvalue weighted by Gasteiger charge is 2.17. The number of hydrogen-bond donors (Lipinski definition) is 0. The maximum Gasteiger partial charge on any atom is 0.196 e. The first-order chi connectivity index (χ1) is 10.9. The Labute approximate surface area is 143 Å². The van der Waals surface area contributed by atoms with Crippen LogP contribution < -0.4 is 4.74 Å². The third kappa shape index (κ3) is 4.32. The smallest absolute Gasteiger partial charge is 0.196 e. The third-order valence-electron chi connectivity index (χ3n) is 2.91. The molecule has 2 aromatic rings. The molecular formula is C17H11Cl2NO3. The van der Waals surface area contributed by atoms with Crippen molar-refractivity contribution in [1.29, 1.82) is 5.26 Å². The average molecular weight is 348 g/mol. The molecule has 0 spiro atoms. The number of carbonyl (C=O) groups is 2. The first-order valence-electron chi connectivity index (χ1n) is 6.58. The van der Waals surface area contributed by atoms with Crippen molar-refractivity contribution < 1.29 is 14.3 Å². The van der Waals surface area contributed by atoms with Crippen molar-refractivity contribution in [3.8, 4) is 11.8 Å². The molecule has 23 heavy (non-hydrogen) atoms. The van der Waals surface area contributed by atoms with Gasteiger partial charge in [-0.2, -0.15) is 5.26 Å². The summed E-state index contributed by atoms with van der Waals surface area (Å²) < 4.78 is 5.36. The summed E-state index contributed by atoms with van der Waals surface area (Å²) >= 11 is 11.9. The molecule has 0 aliphatic carbocycles. The van der Waals surface area contributed by atoms with E-state index in [1.54, 1.807) is 6.07 Å². The Morgan fingerprint density at radius 1 is 1.13 bits per heavy atom. The number of hydrogen-bond acceptors (Lipinski definition) is 4. The van der Waals surface area contributed by atoms with Crippen molar-refractivity contribution in [2.24, 2.45) is 0 Å². The van der Waals surface area contributed by atoms with Gasteiger partial charge in [-0.15, -0.1) is 0 Å². The van der Waals surface area contributed by atoms with Crippen LogP contribution in [0, 0.1) is 11.3 Å². The molecule has 2 aromatic carbocycles. The van der Waals surface area contributed by atoms with Crippen LogP contribution in [0.1, 0.15) is 28.4 Å². The highest BCUT2D eigenvalue weighted by atomic mass is 35.5. The molecule has 0 atom stereocenters. The van der Waals surface area contributed by atoms with E-state index in [4.69, 9.17) is 33.2 Å². The van der Waals surface area contributed by atoms with E-state index in [-0.39, 0.29) is 39.9 Å². The van der Waals surface area contributed by atoms with Crippen molar-refractivity contribution in [2.75, 3.05) is 6.61 Å².